The lowest BCUT2D eigenvalue weighted by atomic mass is 9.89. The summed E-state index contributed by atoms with van der Waals surface area (Å²) >= 11 is 0. The van der Waals surface area contributed by atoms with Gasteiger partial charge in [-0.1, -0.05) is 5.57 Å². The number of allylic oxidation sites excluding steroid dienone is 2. The predicted octanol–water partition coefficient (Wildman–Crippen LogP) is 1.99. The molecule has 0 heterocycles. The average molecular weight is 197 g/mol. The molecule has 1 N–H and O–H groups in total. The minimum atomic E-state index is -0.0971. The number of nitrogens with one attached hydrogen (secondary N) is 1. The van der Waals surface area contributed by atoms with Gasteiger partial charge in [-0.2, -0.15) is 0 Å². The number of esters is 1. The molecular formula is C11H19NO2. The van der Waals surface area contributed by atoms with Gasteiger partial charge in [-0.3, -0.25) is 4.79 Å². The minimum absolute atomic E-state index is 0.0971. The molecule has 1 rings (SSSR count). The highest BCUT2D eigenvalue weighted by molar-refractivity contribution is 5.69. The predicted molar refractivity (Wildman–Crippen MR) is 55.8 cm³/mol. The molecule has 0 saturated heterocycles. The standard InChI is InChI=1S/C11H19NO2/c1-3-14-11(13)8-7-10(12-2)9-5-4-6-9/h12H,3-8H2,1-2H3. The third-order valence-corrected chi connectivity index (χ3v) is 2.57. The van der Waals surface area contributed by atoms with Crippen LogP contribution in [0.15, 0.2) is 11.3 Å². The second-order valence-electron chi connectivity index (χ2n) is 3.49. The molecule has 0 amide bonds. The molecule has 0 unspecified atom stereocenters. The van der Waals surface area contributed by atoms with E-state index in [-0.39, 0.29) is 5.97 Å². The quantitative estimate of drug-likeness (QED) is 0.685. The van der Waals surface area contributed by atoms with Crippen LogP contribution in [0.3, 0.4) is 0 Å². The monoisotopic (exact) mass is 197 g/mol. The van der Waals surface area contributed by atoms with Crippen molar-refractivity contribution in [2.45, 2.75) is 39.0 Å². The van der Waals surface area contributed by atoms with Gasteiger partial charge >= 0.3 is 5.97 Å². The van der Waals surface area contributed by atoms with Gasteiger partial charge < -0.3 is 10.1 Å². The Hall–Kier alpha value is -0.990. The molecule has 14 heavy (non-hydrogen) atoms. The first kappa shape index (κ1) is 11.1. The average Bonchev–Trinajstić information content (AvgIpc) is 2.09. The number of carbonyl (C=O) groups is 1. The molecular weight excluding hydrogens is 178 g/mol. The maximum atomic E-state index is 11.1. The number of hydrogen-bond donors (Lipinski definition) is 1. The molecule has 3 heteroatoms. The maximum Gasteiger partial charge on any atom is 0.306 e. The van der Waals surface area contributed by atoms with E-state index in [0.29, 0.717) is 13.0 Å². The Morgan fingerprint density at radius 2 is 2.14 bits per heavy atom. The van der Waals surface area contributed by atoms with E-state index in [1.807, 2.05) is 14.0 Å². The summed E-state index contributed by atoms with van der Waals surface area (Å²) in [5, 5.41) is 3.17. The molecule has 80 valence electrons. The molecule has 1 saturated carbocycles. The highest BCUT2D eigenvalue weighted by atomic mass is 16.5. The van der Waals surface area contributed by atoms with Gasteiger partial charge in [-0.25, -0.2) is 0 Å². The summed E-state index contributed by atoms with van der Waals surface area (Å²) in [6, 6.07) is 0. The SMILES string of the molecule is CCOC(=O)CCC(NC)=C1CCC1. The van der Waals surface area contributed by atoms with Crippen molar-refractivity contribution in [1.82, 2.24) is 5.32 Å². The number of rotatable bonds is 5. The van der Waals surface area contributed by atoms with Crippen molar-refractivity contribution >= 4 is 5.97 Å². The van der Waals surface area contributed by atoms with Crippen molar-refractivity contribution in [1.29, 1.82) is 0 Å². The van der Waals surface area contributed by atoms with Crippen LogP contribution in [0.4, 0.5) is 0 Å². The van der Waals surface area contributed by atoms with Crippen molar-refractivity contribution in [3.05, 3.63) is 11.3 Å². The normalized spacial score (nSPS) is 14.6. The fraction of sp³-hybridized carbons (Fsp3) is 0.727. The number of hydrogen-bond acceptors (Lipinski definition) is 3. The van der Waals surface area contributed by atoms with Crippen LogP contribution in [0, 0.1) is 0 Å². The van der Waals surface area contributed by atoms with E-state index >= 15 is 0 Å². The van der Waals surface area contributed by atoms with Gasteiger partial charge in [0.2, 0.25) is 0 Å². The van der Waals surface area contributed by atoms with Crippen molar-refractivity contribution in [3.63, 3.8) is 0 Å². The highest BCUT2D eigenvalue weighted by Crippen LogP contribution is 2.29. The zero-order chi connectivity index (χ0) is 10.4. The lowest BCUT2D eigenvalue weighted by Gasteiger charge is -2.21. The third-order valence-electron chi connectivity index (χ3n) is 2.57. The molecule has 1 fully saturated rings. The molecule has 0 aromatic heterocycles. The zero-order valence-electron chi connectivity index (χ0n) is 9.06. The molecule has 0 atom stereocenters. The summed E-state index contributed by atoms with van der Waals surface area (Å²) in [6.07, 6.45) is 4.97. The van der Waals surface area contributed by atoms with E-state index in [4.69, 9.17) is 4.74 Å². The van der Waals surface area contributed by atoms with Gasteiger partial charge in [0.25, 0.3) is 0 Å². The van der Waals surface area contributed by atoms with Crippen LogP contribution in [0.2, 0.25) is 0 Å². The van der Waals surface area contributed by atoms with Gasteiger partial charge in [0, 0.05) is 12.7 Å². The molecule has 0 aromatic carbocycles. The summed E-state index contributed by atoms with van der Waals surface area (Å²) in [4.78, 5) is 11.1. The van der Waals surface area contributed by atoms with E-state index < -0.39 is 0 Å². The molecule has 0 radical (unpaired) electrons. The van der Waals surface area contributed by atoms with Crippen LogP contribution in [0.5, 0.6) is 0 Å². The topological polar surface area (TPSA) is 38.3 Å². The highest BCUT2D eigenvalue weighted by Gasteiger charge is 2.14. The minimum Gasteiger partial charge on any atom is -0.466 e. The second kappa shape index (κ2) is 5.68. The second-order valence-corrected chi connectivity index (χ2v) is 3.49. The van der Waals surface area contributed by atoms with Crippen LogP contribution in [0.1, 0.15) is 39.0 Å². The third kappa shape index (κ3) is 3.05. The van der Waals surface area contributed by atoms with Crippen molar-refractivity contribution in [2.75, 3.05) is 13.7 Å². The largest absolute Gasteiger partial charge is 0.466 e. The summed E-state index contributed by atoms with van der Waals surface area (Å²) in [5.74, 6) is -0.0971. The van der Waals surface area contributed by atoms with E-state index in [9.17, 15) is 4.79 Å². The van der Waals surface area contributed by atoms with Gasteiger partial charge in [0.15, 0.2) is 0 Å². The van der Waals surface area contributed by atoms with Crippen molar-refractivity contribution < 1.29 is 9.53 Å². The fourth-order valence-electron chi connectivity index (χ4n) is 1.59. The van der Waals surface area contributed by atoms with Crippen LogP contribution >= 0.6 is 0 Å². The van der Waals surface area contributed by atoms with E-state index in [1.54, 1.807) is 0 Å². The Morgan fingerprint density at radius 3 is 2.57 bits per heavy atom. The summed E-state index contributed by atoms with van der Waals surface area (Å²) in [7, 11) is 1.92. The summed E-state index contributed by atoms with van der Waals surface area (Å²) < 4.78 is 4.88. The van der Waals surface area contributed by atoms with Crippen molar-refractivity contribution in [3.8, 4) is 0 Å². The first-order valence-corrected chi connectivity index (χ1v) is 5.32. The first-order chi connectivity index (χ1) is 6.77. The Bertz CT molecular complexity index is 227. The smallest absolute Gasteiger partial charge is 0.306 e. The molecule has 0 aromatic rings. The van der Waals surface area contributed by atoms with Gasteiger partial charge in [0.05, 0.1) is 13.0 Å². The Labute approximate surface area is 85.5 Å². The molecule has 0 aliphatic heterocycles. The molecule has 0 bridgehead atoms. The summed E-state index contributed by atoms with van der Waals surface area (Å²) in [5.41, 5.74) is 2.72. The van der Waals surface area contributed by atoms with Gasteiger partial charge in [0.1, 0.15) is 0 Å². The lowest BCUT2D eigenvalue weighted by molar-refractivity contribution is -0.143. The zero-order valence-corrected chi connectivity index (χ0v) is 9.06. The van der Waals surface area contributed by atoms with Crippen LogP contribution in [-0.2, 0) is 9.53 Å². The molecule has 0 spiro atoms. The Kier molecular flexibility index (Phi) is 4.50. The Morgan fingerprint density at radius 1 is 1.43 bits per heavy atom. The number of carbonyl (C=O) groups excluding carboxylic acids is 1. The van der Waals surface area contributed by atoms with Gasteiger partial charge in [-0.05, 0) is 32.6 Å². The van der Waals surface area contributed by atoms with Crippen molar-refractivity contribution in [2.24, 2.45) is 0 Å². The Balaban J connectivity index is 2.31. The van der Waals surface area contributed by atoms with E-state index in [0.717, 1.165) is 6.42 Å². The first-order valence-electron chi connectivity index (χ1n) is 5.32. The maximum absolute atomic E-state index is 11.1. The molecule has 1 aliphatic carbocycles. The van der Waals surface area contributed by atoms with E-state index in [1.165, 1.54) is 30.5 Å². The lowest BCUT2D eigenvalue weighted by Crippen LogP contribution is -2.15. The number of ether oxygens (including phenoxy) is 1. The van der Waals surface area contributed by atoms with Gasteiger partial charge in [-0.15, -0.1) is 0 Å². The van der Waals surface area contributed by atoms with Crippen LogP contribution < -0.4 is 5.32 Å². The fourth-order valence-corrected chi connectivity index (χ4v) is 1.59. The van der Waals surface area contributed by atoms with E-state index in [2.05, 4.69) is 5.32 Å². The molecule has 3 nitrogen and oxygen atoms in total. The van der Waals surface area contributed by atoms with Crippen LogP contribution in [0.25, 0.3) is 0 Å². The summed E-state index contributed by atoms with van der Waals surface area (Å²) in [6.45, 7) is 2.31. The van der Waals surface area contributed by atoms with Crippen LogP contribution in [-0.4, -0.2) is 19.6 Å². The molecule has 1 aliphatic rings.